The highest BCUT2D eigenvalue weighted by Gasteiger charge is 2.20. The molecule has 0 saturated carbocycles. The third-order valence-electron chi connectivity index (χ3n) is 2.87. The molecule has 0 spiro atoms. The fourth-order valence-electron chi connectivity index (χ4n) is 2.13. The molecule has 1 unspecified atom stereocenters. The fraction of sp³-hybridized carbons (Fsp3) is 0.700. The number of hydrogen-bond donors (Lipinski definition) is 1. The van der Waals surface area contributed by atoms with Crippen molar-refractivity contribution in [1.29, 1.82) is 0 Å². The molecule has 3 heteroatoms. The van der Waals surface area contributed by atoms with E-state index in [4.69, 9.17) is 5.11 Å². The Balaban J connectivity index is 2.30. The highest BCUT2D eigenvalue weighted by atomic mass is 16.3. The lowest BCUT2D eigenvalue weighted by Crippen LogP contribution is -2.13. The summed E-state index contributed by atoms with van der Waals surface area (Å²) in [4.78, 5) is 0. The van der Waals surface area contributed by atoms with Gasteiger partial charge in [0.15, 0.2) is 0 Å². The summed E-state index contributed by atoms with van der Waals surface area (Å²) in [5.41, 5.74) is 2.73. The normalized spacial score (nSPS) is 21.5. The molecule has 0 saturated heterocycles. The van der Waals surface area contributed by atoms with E-state index in [1.807, 2.05) is 10.9 Å². The van der Waals surface area contributed by atoms with Crippen molar-refractivity contribution in [3.63, 3.8) is 0 Å². The smallest absolute Gasteiger partial charge is 0.0644 e. The Labute approximate surface area is 78.4 Å². The molecule has 1 heterocycles. The molecule has 1 aliphatic rings. The van der Waals surface area contributed by atoms with Gasteiger partial charge in [-0.3, -0.25) is 4.68 Å². The van der Waals surface area contributed by atoms with Crippen LogP contribution in [-0.2, 0) is 13.0 Å². The van der Waals surface area contributed by atoms with Gasteiger partial charge in [0.05, 0.1) is 19.3 Å². The van der Waals surface area contributed by atoms with Crippen molar-refractivity contribution in [3.05, 3.63) is 17.5 Å². The monoisotopic (exact) mass is 180 g/mol. The molecule has 3 nitrogen and oxygen atoms in total. The predicted molar refractivity (Wildman–Crippen MR) is 50.7 cm³/mol. The lowest BCUT2D eigenvalue weighted by molar-refractivity contribution is 0.266. The number of aromatic nitrogens is 2. The molecule has 0 amide bonds. The standard InChI is InChI=1S/C10H16N2O/c1-8-3-2-4-10-9(8)7-11-12(10)5-6-13/h7-8,13H,2-6H2,1H3. The van der Waals surface area contributed by atoms with Crippen molar-refractivity contribution in [1.82, 2.24) is 9.78 Å². The molecule has 0 bridgehead atoms. The number of rotatable bonds is 2. The largest absolute Gasteiger partial charge is 0.394 e. The van der Waals surface area contributed by atoms with Gasteiger partial charge in [-0.05, 0) is 30.7 Å². The van der Waals surface area contributed by atoms with Crippen LogP contribution in [0, 0.1) is 0 Å². The van der Waals surface area contributed by atoms with E-state index >= 15 is 0 Å². The quantitative estimate of drug-likeness (QED) is 0.745. The van der Waals surface area contributed by atoms with Gasteiger partial charge >= 0.3 is 0 Å². The third-order valence-corrected chi connectivity index (χ3v) is 2.87. The lowest BCUT2D eigenvalue weighted by Gasteiger charge is -2.19. The first-order valence-electron chi connectivity index (χ1n) is 4.98. The van der Waals surface area contributed by atoms with Crippen LogP contribution in [0.25, 0.3) is 0 Å². The van der Waals surface area contributed by atoms with Crippen LogP contribution in [0.1, 0.15) is 36.9 Å². The number of aliphatic hydroxyl groups is 1. The molecule has 1 N–H and O–H groups in total. The van der Waals surface area contributed by atoms with Gasteiger partial charge in [-0.15, -0.1) is 0 Å². The van der Waals surface area contributed by atoms with Gasteiger partial charge in [-0.2, -0.15) is 5.10 Å². The fourth-order valence-corrected chi connectivity index (χ4v) is 2.13. The van der Waals surface area contributed by atoms with Crippen LogP contribution in [0.3, 0.4) is 0 Å². The molecule has 0 aliphatic heterocycles. The summed E-state index contributed by atoms with van der Waals surface area (Å²) in [6.07, 6.45) is 5.62. The second-order valence-corrected chi connectivity index (χ2v) is 3.79. The summed E-state index contributed by atoms with van der Waals surface area (Å²) in [5.74, 6) is 0.649. The van der Waals surface area contributed by atoms with Gasteiger partial charge in [0, 0.05) is 5.69 Å². The Hall–Kier alpha value is -0.830. The zero-order valence-corrected chi connectivity index (χ0v) is 8.03. The predicted octanol–water partition coefficient (Wildman–Crippen LogP) is 1.32. The van der Waals surface area contributed by atoms with Crippen molar-refractivity contribution in [2.24, 2.45) is 0 Å². The van der Waals surface area contributed by atoms with E-state index in [0.29, 0.717) is 12.5 Å². The summed E-state index contributed by atoms with van der Waals surface area (Å²) in [5, 5.41) is 13.1. The maximum atomic E-state index is 8.84. The highest BCUT2D eigenvalue weighted by molar-refractivity contribution is 5.24. The summed E-state index contributed by atoms with van der Waals surface area (Å²) >= 11 is 0. The first-order chi connectivity index (χ1) is 6.33. The number of fused-ring (bicyclic) bond motifs is 1. The molecule has 0 fully saturated rings. The third kappa shape index (κ3) is 1.48. The molecule has 1 aliphatic carbocycles. The Bertz CT molecular complexity index is 293. The first kappa shape index (κ1) is 8.75. The van der Waals surface area contributed by atoms with E-state index in [1.165, 1.54) is 24.1 Å². The Morgan fingerprint density at radius 2 is 2.54 bits per heavy atom. The van der Waals surface area contributed by atoms with E-state index in [-0.39, 0.29) is 6.61 Å². The Kier molecular flexibility index (Phi) is 2.36. The molecular weight excluding hydrogens is 164 g/mol. The Morgan fingerprint density at radius 3 is 3.31 bits per heavy atom. The number of aliphatic hydroxyl groups excluding tert-OH is 1. The van der Waals surface area contributed by atoms with E-state index < -0.39 is 0 Å². The van der Waals surface area contributed by atoms with Crippen LogP contribution in [0.5, 0.6) is 0 Å². The molecule has 0 radical (unpaired) electrons. The van der Waals surface area contributed by atoms with Crippen molar-refractivity contribution in [2.75, 3.05) is 6.61 Å². The first-order valence-corrected chi connectivity index (χ1v) is 4.98. The summed E-state index contributed by atoms with van der Waals surface area (Å²) in [6.45, 7) is 3.08. The van der Waals surface area contributed by atoms with Crippen molar-refractivity contribution < 1.29 is 5.11 Å². The average Bonchev–Trinajstić information content (AvgIpc) is 2.51. The SMILES string of the molecule is CC1CCCc2c1cnn2CCO. The topological polar surface area (TPSA) is 38.0 Å². The van der Waals surface area contributed by atoms with Crippen LogP contribution < -0.4 is 0 Å². The molecule has 0 aromatic carbocycles. The maximum Gasteiger partial charge on any atom is 0.0644 e. The minimum Gasteiger partial charge on any atom is -0.394 e. The second-order valence-electron chi connectivity index (χ2n) is 3.79. The second kappa shape index (κ2) is 3.50. The number of nitrogens with zero attached hydrogens (tertiary/aromatic N) is 2. The zero-order valence-electron chi connectivity index (χ0n) is 8.03. The molecule has 2 rings (SSSR count). The molecular formula is C10H16N2O. The summed E-state index contributed by atoms with van der Waals surface area (Å²) in [7, 11) is 0. The molecule has 1 atom stereocenters. The molecule has 1 aromatic heterocycles. The van der Waals surface area contributed by atoms with E-state index in [1.54, 1.807) is 0 Å². The van der Waals surface area contributed by atoms with Gasteiger partial charge in [0.2, 0.25) is 0 Å². The van der Waals surface area contributed by atoms with E-state index in [9.17, 15) is 0 Å². The minimum atomic E-state index is 0.183. The molecule has 1 aromatic rings. The summed E-state index contributed by atoms with van der Waals surface area (Å²) < 4.78 is 1.95. The van der Waals surface area contributed by atoms with Crippen molar-refractivity contribution >= 4 is 0 Å². The van der Waals surface area contributed by atoms with Crippen molar-refractivity contribution in [2.45, 2.75) is 38.6 Å². The minimum absolute atomic E-state index is 0.183. The van der Waals surface area contributed by atoms with Crippen LogP contribution in [0.4, 0.5) is 0 Å². The van der Waals surface area contributed by atoms with Crippen LogP contribution in [-0.4, -0.2) is 21.5 Å². The average molecular weight is 180 g/mol. The zero-order chi connectivity index (χ0) is 9.26. The number of hydrogen-bond acceptors (Lipinski definition) is 2. The molecule has 13 heavy (non-hydrogen) atoms. The van der Waals surface area contributed by atoms with Gasteiger partial charge < -0.3 is 5.11 Å². The van der Waals surface area contributed by atoms with Gasteiger partial charge in [-0.25, -0.2) is 0 Å². The van der Waals surface area contributed by atoms with Crippen LogP contribution in [0.2, 0.25) is 0 Å². The van der Waals surface area contributed by atoms with E-state index in [0.717, 1.165) is 6.42 Å². The summed E-state index contributed by atoms with van der Waals surface area (Å²) in [6, 6.07) is 0. The van der Waals surface area contributed by atoms with E-state index in [2.05, 4.69) is 12.0 Å². The molecule has 72 valence electrons. The van der Waals surface area contributed by atoms with Crippen LogP contribution in [0.15, 0.2) is 6.20 Å². The van der Waals surface area contributed by atoms with Gasteiger partial charge in [0.1, 0.15) is 0 Å². The van der Waals surface area contributed by atoms with Crippen molar-refractivity contribution in [3.8, 4) is 0 Å². The highest BCUT2D eigenvalue weighted by Crippen LogP contribution is 2.30. The van der Waals surface area contributed by atoms with Gasteiger partial charge in [0.25, 0.3) is 0 Å². The maximum absolute atomic E-state index is 8.84. The van der Waals surface area contributed by atoms with Gasteiger partial charge in [-0.1, -0.05) is 6.92 Å². The Morgan fingerprint density at radius 1 is 1.69 bits per heavy atom. The van der Waals surface area contributed by atoms with Crippen LogP contribution >= 0.6 is 0 Å². The lowest BCUT2D eigenvalue weighted by atomic mass is 9.89.